The average Bonchev–Trinajstić information content (AvgIpc) is 1.36. The van der Waals surface area contributed by atoms with Crippen LogP contribution in [0.15, 0.2) is 0 Å². The van der Waals surface area contributed by atoms with Crippen LogP contribution in [-0.4, -0.2) is 14.0 Å². The van der Waals surface area contributed by atoms with Crippen LogP contribution in [0.25, 0.3) is 0 Å². The van der Waals surface area contributed by atoms with E-state index in [1.807, 2.05) is 0 Å². The fourth-order valence-corrected chi connectivity index (χ4v) is 0. The maximum atomic E-state index is 9.31. The molecular formula is CH3KNO3S-. The Morgan fingerprint density at radius 2 is 2.00 bits per heavy atom. The summed E-state index contributed by atoms with van der Waals surface area (Å²) < 4.78 is 18.4. The van der Waals surface area contributed by atoms with Crippen molar-refractivity contribution < 1.29 is 66.4 Å². The van der Waals surface area contributed by atoms with E-state index in [9.17, 15) is 13.6 Å². The molecule has 0 saturated carbocycles. The zero-order chi connectivity index (χ0) is 5.15. The van der Waals surface area contributed by atoms with Crippen molar-refractivity contribution in [3.05, 3.63) is 0 Å². The molecule has 4 nitrogen and oxygen atoms in total. The molecule has 0 radical (unpaired) electrons. The second kappa shape index (κ2) is 5.35. The third-order valence-electron chi connectivity index (χ3n) is 0.164. The van der Waals surface area contributed by atoms with Crippen molar-refractivity contribution in [2.75, 3.05) is 0 Å². The van der Waals surface area contributed by atoms with E-state index in [0.29, 0.717) is 0 Å². The van der Waals surface area contributed by atoms with Crippen LogP contribution < -0.4 is 57.1 Å². The number of primary amides is 1. The number of carbonyl (C=O) groups is 1. The quantitative estimate of drug-likeness (QED) is 0.281. The number of nitrogens with two attached hydrogens (primary N) is 1. The van der Waals surface area contributed by atoms with Crippen molar-refractivity contribution in [1.29, 1.82) is 0 Å². The zero-order valence-electron chi connectivity index (χ0n) is 4.71. The van der Waals surface area contributed by atoms with Crippen molar-refractivity contribution in [3.63, 3.8) is 0 Å². The third-order valence-corrected chi connectivity index (χ3v) is 0.493. The predicted molar refractivity (Wildman–Crippen MR) is 19.6 cm³/mol. The first-order valence-electron chi connectivity index (χ1n) is 1.03. The Morgan fingerprint density at radius 3 is 2.00 bits per heavy atom. The van der Waals surface area contributed by atoms with E-state index >= 15 is 0 Å². The van der Waals surface area contributed by atoms with Gasteiger partial charge in [0.2, 0.25) is 0 Å². The molecule has 0 fully saturated rings. The minimum atomic E-state index is -2.73. The Kier molecular flexibility index (Phi) is 8.47. The molecule has 0 heterocycles. The van der Waals surface area contributed by atoms with Gasteiger partial charge in [-0.1, -0.05) is 0 Å². The van der Waals surface area contributed by atoms with E-state index in [-0.39, 0.29) is 52.8 Å². The number of rotatable bonds is 0. The van der Waals surface area contributed by atoms with Crippen molar-refractivity contribution in [2.45, 2.75) is 0 Å². The van der Waals surface area contributed by atoms with E-state index < -0.39 is 16.3 Å². The first-order chi connectivity index (χ1) is 2.64. The maximum absolute atomic E-state index is 9.31. The molecule has 0 bridgehead atoms. The minimum absolute atomic E-state index is 0. The molecule has 6 heteroatoms. The van der Waals surface area contributed by atoms with Gasteiger partial charge in [0.1, 0.15) is 0 Å². The molecule has 7 heavy (non-hydrogen) atoms. The first kappa shape index (κ1) is 11.1. The van der Waals surface area contributed by atoms with Gasteiger partial charge in [-0.05, 0) is 0 Å². The molecular weight excluding hydrogens is 145 g/mol. The maximum Gasteiger partial charge on any atom is 1.00 e. The summed E-state index contributed by atoms with van der Waals surface area (Å²) in [6.07, 6.45) is 0. The molecule has 0 aromatic heterocycles. The van der Waals surface area contributed by atoms with E-state index in [1.165, 1.54) is 0 Å². The molecule has 2 N–H and O–H groups in total. The number of hydrogen-bond donors (Lipinski definition) is 1. The smallest absolute Gasteiger partial charge is 1.00 e. The molecule has 0 spiro atoms. The van der Waals surface area contributed by atoms with Crippen LogP contribution >= 0.6 is 0 Å². The Labute approximate surface area is 87.0 Å². The summed E-state index contributed by atoms with van der Waals surface area (Å²) in [6, 6.07) is 0. The van der Waals surface area contributed by atoms with Gasteiger partial charge in [-0.3, -0.25) is 9.00 Å². The molecule has 1 atom stereocenters. The van der Waals surface area contributed by atoms with Crippen molar-refractivity contribution in [3.8, 4) is 0 Å². The summed E-state index contributed by atoms with van der Waals surface area (Å²) in [5, 5.41) is -1.32. The average molecular weight is 148 g/mol. The van der Waals surface area contributed by atoms with E-state index in [1.54, 1.807) is 0 Å². The molecule has 0 aromatic carbocycles. The van der Waals surface area contributed by atoms with Gasteiger partial charge in [-0.25, -0.2) is 0 Å². The Morgan fingerprint density at radius 1 is 1.86 bits per heavy atom. The van der Waals surface area contributed by atoms with Gasteiger partial charge in [-0.2, -0.15) is 0 Å². The molecule has 1 amide bonds. The van der Waals surface area contributed by atoms with Crippen molar-refractivity contribution >= 4 is 16.3 Å². The molecule has 38 valence electrons. The van der Waals surface area contributed by atoms with Crippen LogP contribution in [0.3, 0.4) is 0 Å². The van der Waals surface area contributed by atoms with Gasteiger partial charge >= 0.3 is 51.4 Å². The van der Waals surface area contributed by atoms with E-state index in [2.05, 4.69) is 5.73 Å². The van der Waals surface area contributed by atoms with Gasteiger partial charge in [0.15, 0.2) is 0 Å². The van der Waals surface area contributed by atoms with Gasteiger partial charge in [0, 0.05) is 11.1 Å². The number of carbonyl (C=O) groups excluding carboxylic acids is 1. The van der Waals surface area contributed by atoms with Gasteiger partial charge in [0.05, 0.1) is 0 Å². The first-order valence-corrected chi connectivity index (χ1v) is 2.11. The van der Waals surface area contributed by atoms with Crippen LogP contribution in [0.5, 0.6) is 0 Å². The normalized spacial score (nSPS) is 11.6. The van der Waals surface area contributed by atoms with Crippen molar-refractivity contribution in [1.82, 2.24) is 0 Å². The standard InChI is InChI=1S/CH3NO3S.K.H/c2-1(3)6(4)5;;/h(H2,2,3)(H,4,5);;/q;+1;-1/p-1. The zero-order valence-corrected chi connectivity index (χ0v) is 7.65. The van der Waals surface area contributed by atoms with Crippen molar-refractivity contribution in [2.24, 2.45) is 5.73 Å². The monoisotopic (exact) mass is 148 g/mol. The Hall–Kier alpha value is 1.22. The van der Waals surface area contributed by atoms with Crippen LogP contribution in [-0.2, 0) is 11.1 Å². The Balaban J connectivity index is -0.000000125. The summed E-state index contributed by atoms with van der Waals surface area (Å²) in [5.41, 5.74) is 4.18. The van der Waals surface area contributed by atoms with Crippen LogP contribution in [0, 0.1) is 0 Å². The van der Waals surface area contributed by atoms with E-state index in [0.717, 1.165) is 0 Å². The fourth-order valence-electron chi connectivity index (χ4n) is 0. The molecule has 0 aromatic rings. The van der Waals surface area contributed by atoms with Crippen LogP contribution in [0.1, 0.15) is 1.43 Å². The largest absolute Gasteiger partial charge is 1.00 e. The SMILES string of the molecule is NC(=O)S(=O)[O-].[H-].[K+]. The topological polar surface area (TPSA) is 83.2 Å². The second-order valence-electron chi connectivity index (χ2n) is 0.554. The van der Waals surface area contributed by atoms with Gasteiger partial charge in [0.25, 0.3) is 5.24 Å². The third kappa shape index (κ3) is 7.22. The second-order valence-corrected chi connectivity index (χ2v) is 1.43. The minimum Gasteiger partial charge on any atom is -1.00 e. The van der Waals surface area contributed by atoms with E-state index in [4.69, 9.17) is 0 Å². The summed E-state index contributed by atoms with van der Waals surface area (Å²) in [4.78, 5) is 9.31. The molecule has 0 aliphatic carbocycles. The number of hydrogen-bond acceptors (Lipinski definition) is 3. The molecule has 0 aliphatic rings. The fraction of sp³-hybridized carbons (Fsp3) is 0. The predicted octanol–water partition coefficient (Wildman–Crippen LogP) is -3.94. The van der Waals surface area contributed by atoms with Crippen LogP contribution in [0.4, 0.5) is 4.79 Å². The summed E-state index contributed by atoms with van der Waals surface area (Å²) in [5.74, 6) is 0. The van der Waals surface area contributed by atoms with Crippen LogP contribution in [0.2, 0.25) is 0 Å². The molecule has 0 rings (SSSR count). The summed E-state index contributed by atoms with van der Waals surface area (Å²) in [6.45, 7) is 0. The molecule has 1 unspecified atom stereocenters. The Bertz CT molecular complexity index is 85.3. The van der Waals surface area contributed by atoms with Gasteiger partial charge < -0.3 is 11.7 Å². The summed E-state index contributed by atoms with van der Waals surface area (Å²) >= 11 is -2.73. The van der Waals surface area contributed by atoms with Gasteiger partial charge in [-0.15, -0.1) is 0 Å². The molecule has 0 saturated heterocycles. The molecule has 0 aliphatic heterocycles. The number of amides is 1. The summed E-state index contributed by atoms with van der Waals surface area (Å²) in [7, 11) is 0.